The van der Waals surface area contributed by atoms with Crippen LogP contribution in [0.3, 0.4) is 0 Å². The monoisotopic (exact) mass is 509 g/mol. The lowest BCUT2D eigenvalue weighted by Crippen LogP contribution is -2.12. The molecule has 1 heterocycles. The van der Waals surface area contributed by atoms with E-state index in [0.29, 0.717) is 17.3 Å². The second-order valence-electron chi connectivity index (χ2n) is 6.71. The van der Waals surface area contributed by atoms with Gasteiger partial charge in [0.2, 0.25) is 4.80 Å². The number of aromatic nitrogens is 1. The van der Waals surface area contributed by atoms with E-state index >= 15 is 0 Å². The zero-order valence-electron chi connectivity index (χ0n) is 16.9. The molecule has 0 amide bonds. The van der Waals surface area contributed by atoms with Crippen molar-refractivity contribution >= 4 is 34.8 Å². The molecule has 4 nitrogen and oxygen atoms in total. The minimum absolute atomic E-state index is 0.0217. The number of hydrogen-bond donors (Lipinski definition) is 0. The first-order chi connectivity index (χ1) is 16.3. The Morgan fingerprint density at radius 2 is 1.74 bits per heavy atom. The first-order valence-corrected chi connectivity index (χ1v) is 10.8. The number of halogens is 6. The third kappa shape index (κ3) is 5.35. The Kier molecular flexibility index (Phi) is 7.09. The van der Waals surface area contributed by atoms with Crippen LogP contribution in [-0.2, 0) is 0 Å². The third-order valence-corrected chi connectivity index (χ3v) is 5.63. The lowest BCUT2D eigenvalue weighted by Gasteiger charge is -2.07. The minimum Gasteiger partial charge on any atom is -0.435 e. The van der Waals surface area contributed by atoms with Gasteiger partial charge in [-0.25, -0.2) is 22.8 Å². The van der Waals surface area contributed by atoms with Crippen molar-refractivity contribution in [1.29, 1.82) is 0 Å². The van der Waals surface area contributed by atoms with Gasteiger partial charge in [0, 0.05) is 22.6 Å². The van der Waals surface area contributed by atoms with E-state index in [9.17, 15) is 22.0 Å². The molecule has 0 atom stereocenters. The highest BCUT2D eigenvalue weighted by Crippen LogP contribution is 2.25. The van der Waals surface area contributed by atoms with Crippen molar-refractivity contribution < 1.29 is 26.7 Å². The quantitative estimate of drug-likeness (QED) is 0.204. The summed E-state index contributed by atoms with van der Waals surface area (Å²) in [5.41, 5.74) is 0.867. The number of alkyl halides is 2. The van der Waals surface area contributed by atoms with Crippen molar-refractivity contribution in [3.63, 3.8) is 0 Å². The lowest BCUT2D eigenvalue weighted by molar-refractivity contribution is -0.0498. The van der Waals surface area contributed by atoms with Crippen molar-refractivity contribution in [2.24, 2.45) is 10.1 Å². The summed E-state index contributed by atoms with van der Waals surface area (Å²) in [6.45, 7) is -2.97. The fraction of sp³-hybridized carbons (Fsp3) is 0.0435. The van der Waals surface area contributed by atoms with Crippen LogP contribution in [0.1, 0.15) is 5.56 Å². The van der Waals surface area contributed by atoms with Crippen molar-refractivity contribution in [1.82, 2.24) is 4.68 Å². The van der Waals surface area contributed by atoms with Gasteiger partial charge in [-0.05, 0) is 48.5 Å². The van der Waals surface area contributed by atoms with Crippen molar-refractivity contribution in [3.05, 3.63) is 98.9 Å². The Morgan fingerprint density at radius 3 is 2.41 bits per heavy atom. The van der Waals surface area contributed by atoms with Crippen LogP contribution < -0.4 is 9.54 Å². The molecule has 3 aromatic carbocycles. The lowest BCUT2D eigenvalue weighted by atomic mass is 10.2. The van der Waals surface area contributed by atoms with Crippen LogP contribution in [-0.4, -0.2) is 17.5 Å². The molecule has 0 fully saturated rings. The Bertz CT molecular complexity index is 1400. The van der Waals surface area contributed by atoms with E-state index in [1.807, 2.05) is 0 Å². The maximum Gasteiger partial charge on any atom is 0.387 e. The molecule has 0 saturated carbocycles. The predicted molar refractivity (Wildman–Crippen MR) is 120 cm³/mol. The smallest absolute Gasteiger partial charge is 0.387 e. The summed E-state index contributed by atoms with van der Waals surface area (Å²) in [4.78, 5) is 4.40. The molecule has 0 N–H and O–H groups in total. The van der Waals surface area contributed by atoms with Gasteiger partial charge in [-0.15, -0.1) is 11.3 Å². The Labute approximate surface area is 198 Å². The van der Waals surface area contributed by atoms with Crippen molar-refractivity contribution in [2.45, 2.75) is 6.61 Å². The van der Waals surface area contributed by atoms with Crippen LogP contribution in [0.4, 0.5) is 27.6 Å². The Hall–Kier alpha value is -3.50. The molecule has 1 aromatic heterocycles. The van der Waals surface area contributed by atoms with E-state index in [1.165, 1.54) is 59.4 Å². The highest BCUT2D eigenvalue weighted by molar-refractivity contribution is 7.07. The highest BCUT2D eigenvalue weighted by atomic mass is 35.5. The zero-order valence-corrected chi connectivity index (χ0v) is 18.5. The topological polar surface area (TPSA) is 38.9 Å². The summed E-state index contributed by atoms with van der Waals surface area (Å²) in [6.07, 6.45) is 1.18. The molecule has 11 heteroatoms. The van der Waals surface area contributed by atoms with Crippen LogP contribution in [0.25, 0.3) is 11.3 Å². The summed E-state index contributed by atoms with van der Waals surface area (Å²) in [7, 11) is 0. The van der Waals surface area contributed by atoms with E-state index in [2.05, 4.69) is 14.8 Å². The maximum atomic E-state index is 14.2. The van der Waals surface area contributed by atoms with Gasteiger partial charge in [-0.2, -0.15) is 13.9 Å². The van der Waals surface area contributed by atoms with Gasteiger partial charge in [0.15, 0.2) is 5.82 Å². The molecule has 4 rings (SSSR count). The number of thiazole rings is 1. The van der Waals surface area contributed by atoms with Crippen molar-refractivity contribution in [3.8, 4) is 17.0 Å². The summed E-state index contributed by atoms with van der Waals surface area (Å²) in [5, 5.41) is 6.05. The van der Waals surface area contributed by atoms with Gasteiger partial charge >= 0.3 is 6.61 Å². The number of hydrogen-bond acceptors (Lipinski definition) is 4. The molecule has 174 valence electrons. The summed E-state index contributed by atoms with van der Waals surface area (Å²) >= 11 is 7.15. The van der Waals surface area contributed by atoms with Gasteiger partial charge in [-0.3, -0.25) is 0 Å². The second-order valence-corrected chi connectivity index (χ2v) is 7.95. The van der Waals surface area contributed by atoms with Crippen LogP contribution in [0.15, 0.2) is 76.1 Å². The average Bonchev–Trinajstić information content (AvgIpc) is 3.18. The van der Waals surface area contributed by atoms with E-state index < -0.39 is 24.1 Å². The summed E-state index contributed by atoms with van der Waals surface area (Å²) < 4.78 is 72.2. The number of benzene rings is 3. The fourth-order valence-electron chi connectivity index (χ4n) is 2.92. The van der Waals surface area contributed by atoms with E-state index in [-0.39, 0.29) is 26.8 Å². The van der Waals surface area contributed by atoms with E-state index in [1.54, 1.807) is 5.38 Å². The molecular formula is C23H13ClF5N3OS. The van der Waals surface area contributed by atoms with Gasteiger partial charge in [-0.1, -0.05) is 17.7 Å². The molecule has 0 aliphatic rings. The van der Waals surface area contributed by atoms with Crippen LogP contribution >= 0.6 is 22.9 Å². The SMILES string of the molecule is Fc1ccc(N=c2scc(-c3ccc(OC(F)F)cc3)n2/N=C\c2c(F)cccc2Cl)c(F)c1. The summed E-state index contributed by atoms with van der Waals surface area (Å²) in [6, 6.07) is 12.8. The minimum atomic E-state index is -2.97. The van der Waals surface area contributed by atoms with E-state index in [0.717, 1.165) is 17.4 Å². The average molecular weight is 510 g/mol. The molecule has 0 saturated heterocycles. The number of rotatable bonds is 6. The molecule has 4 aromatic rings. The standard InChI is InChI=1S/C23H13ClF5N3OS/c24-17-2-1-3-18(26)16(17)11-30-32-21(13-4-7-15(8-5-13)33-22(28)29)12-34-23(32)31-20-9-6-14(25)10-19(20)27/h1-12,22H/b30-11-,31-23?. The van der Waals surface area contributed by atoms with Crippen LogP contribution in [0.2, 0.25) is 5.02 Å². The van der Waals surface area contributed by atoms with Crippen molar-refractivity contribution in [2.75, 3.05) is 0 Å². The number of ether oxygens (including phenoxy) is 1. The third-order valence-electron chi connectivity index (χ3n) is 4.49. The van der Waals surface area contributed by atoms with Gasteiger partial charge in [0.25, 0.3) is 0 Å². The maximum absolute atomic E-state index is 14.2. The van der Waals surface area contributed by atoms with Gasteiger partial charge in [0.1, 0.15) is 23.1 Å². The van der Waals surface area contributed by atoms with E-state index in [4.69, 9.17) is 11.6 Å². The zero-order chi connectivity index (χ0) is 24.2. The van der Waals surface area contributed by atoms with Crippen LogP contribution in [0.5, 0.6) is 5.75 Å². The van der Waals surface area contributed by atoms with Gasteiger partial charge in [0.05, 0.1) is 16.9 Å². The number of nitrogens with zero attached hydrogens (tertiary/aromatic N) is 3. The first kappa shape index (κ1) is 23.7. The predicted octanol–water partition coefficient (Wildman–Crippen LogP) is 7.00. The molecule has 0 radical (unpaired) electrons. The molecular weight excluding hydrogens is 497 g/mol. The van der Waals surface area contributed by atoms with Crippen LogP contribution in [0, 0.1) is 17.5 Å². The fourth-order valence-corrected chi connectivity index (χ4v) is 3.98. The molecule has 0 bridgehead atoms. The molecule has 34 heavy (non-hydrogen) atoms. The molecule has 0 unspecified atom stereocenters. The molecule has 0 spiro atoms. The second kappa shape index (κ2) is 10.2. The first-order valence-electron chi connectivity index (χ1n) is 9.56. The highest BCUT2D eigenvalue weighted by Gasteiger charge is 2.12. The molecule has 0 aliphatic heterocycles. The normalized spacial score (nSPS) is 12.1. The van der Waals surface area contributed by atoms with Gasteiger partial charge < -0.3 is 4.74 Å². The summed E-state index contributed by atoms with van der Waals surface area (Å²) in [5.74, 6) is -2.28. The Morgan fingerprint density at radius 1 is 0.971 bits per heavy atom. The largest absolute Gasteiger partial charge is 0.435 e. The Balaban J connectivity index is 1.84. The molecule has 0 aliphatic carbocycles.